The Kier molecular flexibility index (Phi) is 6.31. The summed E-state index contributed by atoms with van der Waals surface area (Å²) in [6, 6.07) is 8.45. The Balaban J connectivity index is 1.59. The van der Waals surface area contributed by atoms with Crippen LogP contribution in [0.15, 0.2) is 46.5 Å². The molecule has 0 spiro atoms. The topological polar surface area (TPSA) is 24.5 Å². The predicted octanol–water partition coefficient (Wildman–Crippen LogP) is 4.60. The monoisotopic (exact) mass is 370 g/mol. The molecule has 3 nitrogen and oxygen atoms in total. The number of halogens is 2. The quantitative estimate of drug-likeness (QED) is 0.765. The third-order valence-electron chi connectivity index (χ3n) is 3.93. The lowest BCUT2D eigenvalue weighted by Gasteiger charge is -2.27. The number of nitrogens with one attached hydrogen (secondary N) is 1. The van der Waals surface area contributed by atoms with Crippen molar-refractivity contribution in [1.29, 1.82) is 0 Å². The molecule has 1 aliphatic heterocycles. The average molecular weight is 371 g/mol. The second-order valence-corrected chi connectivity index (χ2v) is 7.47. The number of hydrogen-bond acceptors (Lipinski definition) is 4. The van der Waals surface area contributed by atoms with Crippen LogP contribution in [0.5, 0.6) is 0 Å². The first-order chi connectivity index (χ1) is 11.2. The third kappa shape index (κ3) is 4.91. The maximum absolute atomic E-state index is 6.10. The van der Waals surface area contributed by atoms with Crippen LogP contribution in [0.25, 0.3) is 0 Å². The van der Waals surface area contributed by atoms with E-state index >= 15 is 0 Å². The minimum atomic E-state index is 0.293. The van der Waals surface area contributed by atoms with Gasteiger partial charge in [-0.1, -0.05) is 47.5 Å². The summed E-state index contributed by atoms with van der Waals surface area (Å²) >= 11 is 13.8. The van der Waals surface area contributed by atoms with E-state index in [-0.39, 0.29) is 0 Å². The van der Waals surface area contributed by atoms with Crippen LogP contribution >= 0.6 is 35.1 Å². The molecule has 0 radical (unpaired) electrons. The fourth-order valence-corrected chi connectivity index (χ4v) is 3.94. The van der Waals surface area contributed by atoms with Crippen molar-refractivity contribution in [2.75, 3.05) is 31.0 Å². The number of ether oxygens (including phenoxy) is 1. The number of nitrogens with zero attached hydrogens (tertiary/aromatic N) is 1. The van der Waals surface area contributed by atoms with Crippen molar-refractivity contribution in [2.24, 2.45) is 0 Å². The Morgan fingerprint density at radius 2 is 1.96 bits per heavy atom. The van der Waals surface area contributed by atoms with Gasteiger partial charge in [-0.25, -0.2) is 0 Å². The summed E-state index contributed by atoms with van der Waals surface area (Å²) in [6.45, 7) is 4.57. The van der Waals surface area contributed by atoms with Gasteiger partial charge in [-0.15, -0.1) is 0 Å². The van der Waals surface area contributed by atoms with Crippen LogP contribution < -0.4 is 4.72 Å². The predicted molar refractivity (Wildman–Crippen MR) is 100 cm³/mol. The number of allylic oxidation sites excluding steroid dienone is 3. The first kappa shape index (κ1) is 17.2. The van der Waals surface area contributed by atoms with Gasteiger partial charge in [0.1, 0.15) is 0 Å². The zero-order valence-electron chi connectivity index (χ0n) is 12.8. The zero-order valence-corrected chi connectivity index (χ0v) is 15.1. The summed E-state index contributed by atoms with van der Waals surface area (Å²) in [7, 11) is 0. The van der Waals surface area contributed by atoms with E-state index in [0.29, 0.717) is 15.3 Å². The van der Waals surface area contributed by atoms with E-state index in [9.17, 15) is 0 Å². The van der Waals surface area contributed by atoms with E-state index < -0.39 is 0 Å². The summed E-state index contributed by atoms with van der Waals surface area (Å²) in [5.41, 5.74) is 2.47. The smallest absolute Gasteiger partial charge is 0.0594 e. The van der Waals surface area contributed by atoms with Crippen LogP contribution in [0.3, 0.4) is 0 Å². The molecule has 2 aliphatic rings. The van der Waals surface area contributed by atoms with Gasteiger partial charge in [0.05, 0.1) is 23.3 Å². The van der Waals surface area contributed by atoms with E-state index in [2.05, 4.69) is 33.9 Å². The van der Waals surface area contributed by atoms with E-state index in [1.54, 1.807) is 11.9 Å². The molecule has 1 aromatic carbocycles. The van der Waals surface area contributed by atoms with Gasteiger partial charge in [-0.3, -0.25) is 4.90 Å². The van der Waals surface area contributed by atoms with Crippen LogP contribution in [-0.2, 0) is 11.3 Å². The Morgan fingerprint density at radius 3 is 2.74 bits per heavy atom. The number of benzene rings is 1. The molecule has 0 saturated carbocycles. The van der Waals surface area contributed by atoms with Gasteiger partial charge < -0.3 is 9.46 Å². The molecule has 23 heavy (non-hydrogen) atoms. The van der Waals surface area contributed by atoms with Gasteiger partial charge in [-0.05, 0) is 36.1 Å². The second-order valence-electron chi connectivity index (χ2n) is 5.61. The lowest BCUT2D eigenvalue weighted by Crippen LogP contribution is -2.35. The molecule has 1 fully saturated rings. The molecule has 124 valence electrons. The molecule has 1 N–H and O–H groups in total. The summed E-state index contributed by atoms with van der Waals surface area (Å²) in [4.78, 5) is 2.43. The maximum atomic E-state index is 6.10. The molecule has 6 heteroatoms. The van der Waals surface area contributed by atoms with E-state index in [1.165, 1.54) is 5.56 Å². The minimum Gasteiger partial charge on any atom is -0.379 e. The van der Waals surface area contributed by atoms with Gasteiger partial charge in [0, 0.05) is 30.6 Å². The minimum absolute atomic E-state index is 0.293. The Hall–Kier alpha value is -0.650. The molecule has 0 amide bonds. The van der Waals surface area contributed by atoms with Crippen LogP contribution in [0.2, 0.25) is 0 Å². The maximum Gasteiger partial charge on any atom is 0.0594 e. The number of hydrogen-bond donors (Lipinski definition) is 1. The van der Waals surface area contributed by atoms with Crippen molar-refractivity contribution in [3.8, 4) is 0 Å². The molecule has 1 atom stereocenters. The van der Waals surface area contributed by atoms with E-state index in [0.717, 1.165) is 45.0 Å². The first-order valence-electron chi connectivity index (χ1n) is 7.75. The normalized spacial score (nSPS) is 22.4. The van der Waals surface area contributed by atoms with E-state index in [1.807, 2.05) is 12.2 Å². The van der Waals surface area contributed by atoms with Crippen molar-refractivity contribution in [3.63, 3.8) is 0 Å². The summed E-state index contributed by atoms with van der Waals surface area (Å²) in [5.74, 6) is 0. The summed E-state index contributed by atoms with van der Waals surface area (Å²) < 4.78 is 8.91. The van der Waals surface area contributed by atoms with E-state index in [4.69, 9.17) is 27.9 Å². The van der Waals surface area contributed by atoms with Crippen LogP contribution in [-0.4, -0.2) is 36.5 Å². The highest BCUT2D eigenvalue weighted by Crippen LogP contribution is 2.32. The van der Waals surface area contributed by atoms with Gasteiger partial charge in [0.2, 0.25) is 0 Å². The highest BCUT2D eigenvalue weighted by molar-refractivity contribution is 8.01. The molecule has 3 rings (SSSR count). The molecule has 1 heterocycles. The van der Waals surface area contributed by atoms with Gasteiger partial charge >= 0.3 is 0 Å². The number of morpholine rings is 1. The largest absolute Gasteiger partial charge is 0.379 e. The summed E-state index contributed by atoms with van der Waals surface area (Å²) in [6.07, 6.45) is 4.87. The van der Waals surface area contributed by atoms with Crippen molar-refractivity contribution in [3.05, 3.63) is 52.0 Å². The number of para-hydroxylation sites is 1. The van der Waals surface area contributed by atoms with Crippen LogP contribution in [0, 0.1) is 0 Å². The Bertz CT molecular complexity index is 600. The molecule has 0 aromatic heterocycles. The van der Waals surface area contributed by atoms with Crippen molar-refractivity contribution >= 4 is 40.8 Å². The Labute approximate surface area is 151 Å². The highest BCUT2D eigenvalue weighted by atomic mass is 35.5. The van der Waals surface area contributed by atoms with Gasteiger partial charge in [0.15, 0.2) is 0 Å². The van der Waals surface area contributed by atoms with Gasteiger partial charge in [0.25, 0.3) is 0 Å². The second kappa shape index (κ2) is 8.45. The molecule has 1 saturated heterocycles. The zero-order chi connectivity index (χ0) is 16.1. The summed E-state index contributed by atoms with van der Waals surface area (Å²) in [5, 5.41) is 1.58. The fourth-order valence-electron chi connectivity index (χ4n) is 2.61. The fraction of sp³-hybridized carbons (Fsp3) is 0.412. The molecular formula is C17H20Cl2N2OS. The van der Waals surface area contributed by atoms with Crippen molar-refractivity contribution in [2.45, 2.75) is 18.2 Å². The third-order valence-corrected chi connectivity index (χ3v) is 5.68. The Morgan fingerprint density at radius 1 is 1.17 bits per heavy atom. The van der Waals surface area contributed by atoms with Crippen molar-refractivity contribution in [1.82, 2.24) is 4.90 Å². The van der Waals surface area contributed by atoms with Crippen LogP contribution in [0.4, 0.5) is 5.69 Å². The highest BCUT2D eigenvalue weighted by Gasteiger charge is 2.16. The first-order valence-corrected chi connectivity index (χ1v) is 9.39. The number of anilines is 1. The lowest BCUT2D eigenvalue weighted by atomic mass is 10.1. The molecular weight excluding hydrogens is 351 g/mol. The number of rotatable bonds is 5. The van der Waals surface area contributed by atoms with Gasteiger partial charge in [-0.2, -0.15) is 0 Å². The standard InChI is InChI=1S/C17H20Cl2N2OS/c18-15-6-5-14(11-16(15)19)23-20-17-4-2-1-3-13(17)12-21-7-9-22-10-8-21/h1-4,6,11,14,20H,5,7-10,12H2. The molecule has 1 unspecified atom stereocenters. The average Bonchev–Trinajstić information content (AvgIpc) is 2.58. The lowest BCUT2D eigenvalue weighted by molar-refractivity contribution is 0.0343. The molecule has 1 aromatic rings. The SMILES string of the molecule is ClC1=CCC(SNc2ccccc2CN2CCOCC2)C=C1Cl. The molecule has 0 bridgehead atoms. The van der Waals surface area contributed by atoms with Crippen LogP contribution in [0.1, 0.15) is 12.0 Å². The molecule has 1 aliphatic carbocycles. The van der Waals surface area contributed by atoms with Crippen molar-refractivity contribution < 1.29 is 4.74 Å².